The van der Waals surface area contributed by atoms with Crippen LogP contribution in [0.4, 0.5) is 11.4 Å². The van der Waals surface area contributed by atoms with Gasteiger partial charge in [-0.1, -0.05) is 65.4 Å². The summed E-state index contributed by atoms with van der Waals surface area (Å²) in [5.41, 5.74) is 5.54. The highest BCUT2D eigenvalue weighted by molar-refractivity contribution is 8.27. The smallest absolute Gasteiger partial charge is 0.270 e. The van der Waals surface area contributed by atoms with E-state index >= 15 is 0 Å². The van der Waals surface area contributed by atoms with Gasteiger partial charge in [0.2, 0.25) is 0 Å². The van der Waals surface area contributed by atoms with Gasteiger partial charge < -0.3 is 10.1 Å². The van der Waals surface area contributed by atoms with Crippen molar-refractivity contribution in [3.05, 3.63) is 92.8 Å². The Balaban J connectivity index is 1.42. The number of benzene rings is 3. The number of thioether (sulfide) groups is 1. The van der Waals surface area contributed by atoms with Crippen LogP contribution in [0.3, 0.4) is 0 Å². The van der Waals surface area contributed by atoms with Gasteiger partial charge in [0, 0.05) is 5.69 Å². The van der Waals surface area contributed by atoms with E-state index in [1.807, 2.05) is 63.2 Å². The number of nitrogens with zero attached hydrogens (tertiary/aromatic N) is 1. The molecule has 0 aliphatic carbocycles. The summed E-state index contributed by atoms with van der Waals surface area (Å²) in [6, 6.07) is 18.5. The normalized spacial score (nSPS) is 14.5. The highest BCUT2D eigenvalue weighted by Crippen LogP contribution is 2.37. The summed E-state index contributed by atoms with van der Waals surface area (Å²) in [4.78, 5) is 27.3. The molecular formula is C27H23ClN2O3S2. The number of nitrogens with one attached hydrogen (secondary N) is 1. The van der Waals surface area contributed by atoms with Crippen molar-refractivity contribution in [2.24, 2.45) is 0 Å². The lowest BCUT2D eigenvalue weighted by atomic mass is 10.1. The molecule has 0 atom stereocenters. The van der Waals surface area contributed by atoms with Gasteiger partial charge in [0.25, 0.3) is 11.8 Å². The monoisotopic (exact) mass is 522 g/mol. The number of ether oxygens (including phenoxy) is 1. The Bertz CT molecular complexity index is 1350. The molecule has 3 aromatic rings. The number of amides is 2. The third-order valence-corrected chi connectivity index (χ3v) is 7.09. The zero-order chi connectivity index (χ0) is 25.1. The summed E-state index contributed by atoms with van der Waals surface area (Å²) in [7, 11) is 0. The predicted octanol–water partition coefficient (Wildman–Crippen LogP) is 6.69. The van der Waals surface area contributed by atoms with E-state index in [-0.39, 0.29) is 18.4 Å². The molecule has 0 unspecified atom stereocenters. The van der Waals surface area contributed by atoms with E-state index in [0.29, 0.717) is 25.7 Å². The number of halogens is 1. The van der Waals surface area contributed by atoms with Crippen LogP contribution in [-0.2, 0) is 9.59 Å². The molecule has 178 valence electrons. The third kappa shape index (κ3) is 5.93. The largest absolute Gasteiger partial charge is 0.482 e. The topological polar surface area (TPSA) is 58.6 Å². The molecule has 4 rings (SSSR count). The lowest BCUT2D eigenvalue weighted by Gasteiger charge is -2.15. The summed E-state index contributed by atoms with van der Waals surface area (Å²) in [5.74, 6) is -0.0814. The Morgan fingerprint density at radius 2 is 1.80 bits per heavy atom. The van der Waals surface area contributed by atoms with Crippen LogP contribution in [0.5, 0.6) is 5.75 Å². The second-order valence-corrected chi connectivity index (χ2v) is 10.3. The molecule has 3 aromatic carbocycles. The SMILES string of the molecule is Cc1ccc(NC(=O)COc2ccc(/C=C3\SC(=S)N(c4ccc(C)c(C)c4)C3=O)cc2Cl)cc1. The zero-order valence-corrected chi connectivity index (χ0v) is 21.8. The van der Waals surface area contributed by atoms with Gasteiger partial charge in [-0.15, -0.1) is 0 Å². The molecule has 1 aliphatic heterocycles. The van der Waals surface area contributed by atoms with Crippen molar-refractivity contribution in [1.82, 2.24) is 0 Å². The standard InChI is InChI=1S/C27H23ClN2O3S2/c1-16-4-8-20(9-5-16)29-25(31)15-33-23-11-7-19(13-22(23)28)14-24-26(32)30(27(34)35-24)21-10-6-17(2)18(3)12-21/h4-14H,15H2,1-3H3,(H,29,31)/b24-14-. The predicted molar refractivity (Wildman–Crippen MR) is 148 cm³/mol. The summed E-state index contributed by atoms with van der Waals surface area (Å²) in [6.45, 7) is 5.83. The highest BCUT2D eigenvalue weighted by atomic mass is 35.5. The Kier molecular flexibility index (Phi) is 7.60. The third-order valence-electron chi connectivity index (χ3n) is 5.49. The van der Waals surface area contributed by atoms with E-state index in [2.05, 4.69) is 5.32 Å². The average Bonchev–Trinajstić information content (AvgIpc) is 3.09. The van der Waals surface area contributed by atoms with Crippen molar-refractivity contribution in [1.29, 1.82) is 0 Å². The minimum Gasteiger partial charge on any atom is -0.482 e. The molecule has 0 radical (unpaired) electrons. The van der Waals surface area contributed by atoms with Gasteiger partial charge in [-0.25, -0.2) is 0 Å². The van der Waals surface area contributed by atoms with E-state index in [1.165, 1.54) is 11.8 Å². The Labute approximate surface area is 219 Å². The Hall–Kier alpha value is -3.13. The van der Waals surface area contributed by atoms with E-state index in [0.717, 1.165) is 27.9 Å². The van der Waals surface area contributed by atoms with Crippen LogP contribution in [0, 0.1) is 20.8 Å². The average molecular weight is 523 g/mol. The molecule has 0 aromatic heterocycles. The number of anilines is 2. The van der Waals surface area contributed by atoms with E-state index in [9.17, 15) is 9.59 Å². The lowest BCUT2D eigenvalue weighted by molar-refractivity contribution is -0.118. The number of carbonyl (C=O) groups is 2. The second kappa shape index (κ2) is 10.6. The number of rotatable bonds is 6. The number of aryl methyl sites for hydroxylation is 3. The summed E-state index contributed by atoms with van der Waals surface area (Å²) in [6.07, 6.45) is 1.75. The minimum atomic E-state index is -0.288. The summed E-state index contributed by atoms with van der Waals surface area (Å²) >= 11 is 13.1. The van der Waals surface area contributed by atoms with Crippen molar-refractivity contribution in [2.75, 3.05) is 16.8 Å². The molecule has 8 heteroatoms. The molecule has 2 amide bonds. The first-order chi connectivity index (χ1) is 16.7. The molecule has 5 nitrogen and oxygen atoms in total. The molecule has 0 bridgehead atoms. The van der Waals surface area contributed by atoms with Gasteiger partial charge in [-0.05, 0) is 79.9 Å². The van der Waals surface area contributed by atoms with Gasteiger partial charge in [0.05, 0.1) is 15.6 Å². The fourth-order valence-electron chi connectivity index (χ4n) is 3.41. The van der Waals surface area contributed by atoms with Crippen molar-refractivity contribution in [3.8, 4) is 5.75 Å². The van der Waals surface area contributed by atoms with Crippen LogP contribution in [-0.4, -0.2) is 22.7 Å². The maximum absolute atomic E-state index is 13.1. The quantitative estimate of drug-likeness (QED) is 0.289. The Morgan fingerprint density at radius 1 is 1.06 bits per heavy atom. The van der Waals surface area contributed by atoms with Crippen molar-refractivity contribution >= 4 is 69.2 Å². The first-order valence-corrected chi connectivity index (χ1v) is 12.5. The van der Waals surface area contributed by atoms with Crippen molar-refractivity contribution < 1.29 is 14.3 Å². The zero-order valence-electron chi connectivity index (χ0n) is 19.4. The van der Waals surface area contributed by atoms with E-state index < -0.39 is 0 Å². The number of carbonyl (C=O) groups excluding carboxylic acids is 2. The Morgan fingerprint density at radius 3 is 2.49 bits per heavy atom. The number of hydrogen-bond acceptors (Lipinski definition) is 5. The second-order valence-electron chi connectivity index (χ2n) is 8.18. The first kappa shape index (κ1) is 25.0. The van der Waals surface area contributed by atoms with Crippen LogP contribution >= 0.6 is 35.6 Å². The number of thiocarbonyl (C=S) groups is 1. The van der Waals surface area contributed by atoms with Gasteiger partial charge >= 0.3 is 0 Å². The van der Waals surface area contributed by atoms with Crippen molar-refractivity contribution in [3.63, 3.8) is 0 Å². The fourth-order valence-corrected chi connectivity index (χ4v) is 4.95. The van der Waals surface area contributed by atoms with Crippen LogP contribution in [0.1, 0.15) is 22.3 Å². The molecule has 1 saturated heterocycles. The molecule has 1 N–H and O–H groups in total. The summed E-state index contributed by atoms with van der Waals surface area (Å²) in [5, 5.41) is 3.12. The van der Waals surface area contributed by atoms with Gasteiger partial charge in [0.1, 0.15) is 5.75 Å². The van der Waals surface area contributed by atoms with E-state index in [4.69, 9.17) is 28.6 Å². The molecule has 35 heavy (non-hydrogen) atoms. The van der Waals surface area contributed by atoms with Crippen molar-refractivity contribution in [2.45, 2.75) is 20.8 Å². The van der Waals surface area contributed by atoms with Crippen LogP contribution < -0.4 is 15.0 Å². The van der Waals surface area contributed by atoms with Crippen LogP contribution in [0.2, 0.25) is 5.02 Å². The number of hydrogen-bond donors (Lipinski definition) is 1. The van der Waals surface area contributed by atoms with Gasteiger partial charge in [0.15, 0.2) is 10.9 Å². The van der Waals surface area contributed by atoms with E-state index in [1.54, 1.807) is 29.2 Å². The fraction of sp³-hybridized carbons (Fsp3) is 0.148. The summed E-state index contributed by atoms with van der Waals surface area (Å²) < 4.78 is 6.07. The molecule has 1 fully saturated rings. The molecule has 0 spiro atoms. The molecule has 1 heterocycles. The molecular weight excluding hydrogens is 500 g/mol. The molecule has 1 aliphatic rings. The lowest BCUT2D eigenvalue weighted by Crippen LogP contribution is -2.27. The minimum absolute atomic E-state index is 0.174. The van der Waals surface area contributed by atoms with Gasteiger partial charge in [-0.2, -0.15) is 0 Å². The maximum atomic E-state index is 13.1. The first-order valence-electron chi connectivity index (χ1n) is 10.9. The maximum Gasteiger partial charge on any atom is 0.270 e. The van der Waals surface area contributed by atoms with Gasteiger partial charge in [-0.3, -0.25) is 14.5 Å². The molecule has 0 saturated carbocycles. The highest BCUT2D eigenvalue weighted by Gasteiger charge is 2.33. The van der Waals surface area contributed by atoms with Crippen LogP contribution in [0.25, 0.3) is 6.08 Å². The van der Waals surface area contributed by atoms with Crippen LogP contribution in [0.15, 0.2) is 65.6 Å².